The first kappa shape index (κ1) is 15.1. The van der Waals surface area contributed by atoms with E-state index >= 15 is 0 Å². The summed E-state index contributed by atoms with van der Waals surface area (Å²) in [5, 5.41) is 0. The van der Waals surface area contributed by atoms with Gasteiger partial charge in [-0.25, -0.2) is 4.39 Å². The number of benzene rings is 2. The molecule has 0 bridgehead atoms. The zero-order valence-electron chi connectivity index (χ0n) is 12.2. The van der Waals surface area contributed by atoms with Crippen molar-refractivity contribution in [1.82, 2.24) is 0 Å². The molecule has 0 fully saturated rings. The number of rotatable bonds is 5. The van der Waals surface area contributed by atoms with Crippen LogP contribution in [-0.4, -0.2) is 14.2 Å². The largest absolute Gasteiger partial charge is 0.496 e. The summed E-state index contributed by atoms with van der Waals surface area (Å²) in [7, 11) is 3.12. The van der Waals surface area contributed by atoms with E-state index in [9.17, 15) is 4.39 Å². The summed E-state index contributed by atoms with van der Waals surface area (Å²) in [6, 6.07) is 9.09. The molecule has 5 heteroatoms. The normalized spacial score (nSPS) is 11.9. The molecule has 2 rings (SSSR count). The minimum atomic E-state index is -0.349. The molecule has 0 saturated heterocycles. The van der Waals surface area contributed by atoms with Gasteiger partial charge in [-0.3, -0.25) is 0 Å². The highest BCUT2D eigenvalue weighted by Crippen LogP contribution is 2.33. The molecule has 0 aliphatic carbocycles. The van der Waals surface area contributed by atoms with Gasteiger partial charge in [-0.2, -0.15) is 0 Å². The molecule has 4 nitrogen and oxygen atoms in total. The summed E-state index contributed by atoms with van der Waals surface area (Å²) in [6.07, 6.45) is 0. The van der Waals surface area contributed by atoms with Crippen molar-refractivity contribution in [2.75, 3.05) is 14.2 Å². The SMILES string of the molecule is COc1cc(OC)cc(Oc2ccc(F)cc2[C@H](C)N)c1. The average molecular weight is 291 g/mol. The van der Waals surface area contributed by atoms with Gasteiger partial charge in [0.25, 0.3) is 0 Å². The van der Waals surface area contributed by atoms with Gasteiger partial charge >= 0.3 is 0 Å². The summed E-state index contributed by atoms with van der Waals surface area (Å²) < 4.78 is 29.5. The van der Waals surface area contributed by atoms with Crippen molar-refractivity contribution in [2.45, 2.75) is 13.0 Å². The van der Waals surface area contributed by atoms with Crippen molar-refractivity contribution in [3.63, 3.8) is 0 Å². The van der Waals surface area contributed by atoms with Crippen LogP contribution in [-0.2, 0) is 0 Å². The smallest absolute Gasteiger partial charge is 0.134 e. The van der Waals surface area contributed by atoms with Gasteiger partial charge in [0.2, 0.25) is 0 Å². The lowest BCUT2D eigenvalue weighted by atomic mass is 10.1. The lowest BCUT2D eigenvalue weighted by Crippen LogP contribution is -2.07. The van der Waals surface area contributed by atoms with Crippen molar-refractivity contribution in [1.29, 1.82) is 0 Å². The van der Waals surface area contributed by atoms with Crippen LogP contribution in [0.4, 0.5) is 4.39 Å². The quantitative estimate of drug-likeness (QED) is 0.913. The Kier molecular flexibility index (Phi) is 4.65. The van der Waals surface area contributed by atoms with Gasteiger partial charge in [-0.15, -0.1) is 0 Å². The van der Waals surface area contributed by atoms with Crippen molar-refractivity contribution in [3.05, 3.63) is 47.8 Å². The van der Waals surface area contributed by atoms with Crippen LogP contribution in [0.5, 0.6) is 23.0 Å². The Hall–Kier alpha value is -2.27. The Balaban J connectivity index is 2.38. The molecule has 0 saturated carbocycles. The Morgan fingerprint density at radius 3 is 2.05 bits per heavy atom. The zero-order valence-corrected chi connectivity index (χ0v) is 12.2. The number of nitrogens with two attached hydrogens (primary N) is 1. The maximum atomic E-state index is 13.3. The first-order chi connectivity index (χ1) is 10.0. The van der Waals surface area contributed by atoms with E-state index in [1.165, 1.54) is 12.1 Å². The van der Waals surface area contributed by atoms with E-state index in [0.29, 0.717) is 28.6 Å². The predicted octanol–water partition coefficient (Wildman–Crippen LogP) is 3.65. The number of halogens is 1. The second-order valence-corrected chi connectivity index (χ2v) is 4.62. The van der Waals surface area contributed by atoms with Crippen LogP contribution in [0, 0.1) is 5.82 Å². The molecule has 0 aromatic heterocycles. The number of methoxy groups -OCH3 is 2. The van der Waals surface area contributed by atoms with E-state index in [2.05, 4.69) is 0 Å². The Bertz CT molecular complexity index is 607. The lowest BCUT2D eigenvalue weighted by Gasteiger charge is -2.15. The van der Waals surface area contributed by atoms with Gasteiger partial charge in [0.05, 0.1) is 14.2 Å². The van der Waals surface area contributed by atoms with Crippen molar-refractivity contribution in [3.8, 4) is 23.0 Å². The summed E-state index contributed by atoms with van der Waals surface area (Å²) in [5.74, 6) is 1.89. The first-order valence-electron chi connectivity index (χ1n) is 6.49. The molecular formula is C16H18FNO3. The fourth-order valence-electron chi connectivity index (χ4n) is 1.94. The molecule has 0 heterocycles. The summed E-state index contributed by atoms with van der Waals surface area (Å²) in [5.41, 5.74) is 6.45. The zero-order chi connectivity index (χ0) is 15.4. The van der Waals surface area contributed by atoms with E-state index in [0.717, 1.165) is 0 Å². The minimum absolute atomic E-state index is 0.344. The number of hydrogen-bond acceptors (Lipinski definition) is 4. The van der Waals surface area contributed by atoms with Crippen LogP contribution in [0.2, 0.25) is 0 Å². The molecular weight excluding hydrogens is 273 g/mol. The summed E-state index contributed by atoms with van der Waals surface area (Å²) in [6.45, 7) is 1.77. The minimum Gasteiger partial charge on any atom is -0.496 e. The van der Waals surface area contributed by atoms with E-state index in [1.807, 2.05) is 0 Å². The number of hydrogen-bond donors (Lipinski definition) is 1. The first-order valence-corrected chi connectivity index (χ1v) is 6.49. The van der Waals surface area contributed by atoms with Gasteiger partial charge in [-0.1, -0.05) is 0 Å². The fourth-order valence-corrected chi connectivity index (χ4v) is 1.94. The molecule has 2 aromatic rings. The molecule has 112 valence electrons. The standard InChI is InChI=1S/C16H18FNO3/c1-10(18)15-6-11(17)4-5-16(15)21-14-8-12(19-2)7-13(9-14)20-3/h4-10H,18H2,1-3H3/t10-/m0/s1. The molecule has 0 aliphatic heterocycles. The summed E-state index contributed by atoms with van der Waals surface area (Å²) in [4.78, 5) is 0. The third-order valence-electron chi connectivity index (χ3n) is 3.02. The van der Waals surface area contributed by atoms with Crippen molar-refractivity contribution >= 4 is 0 Å². The van der Waals surface area contributed by atoms with E-state index in [4.69, 9.17) is 19.9 Å². The molecule has 1 atom stereocenters. The molecule has 0 aliphatic rings. The van der Waals surface area contributed by atoms with E-state index < -0.39 is 0 Å². The van der Waals surface area contributed by atoms with Gasteiger partial charge in [-0.05, 0) is 25.1 Å². The van der Waals surface area contributed by atoms with Crippen LogP contribution in [0.25, 0.3) is 0 Å². The van der Waals surface area contributed by atoms with Crippen molar-refractivity contribution < 1.29 is 18.6 Å². The van der Waals surface area contributed by atoms with E-state index in [1.54, 1.807) is 45.4 Å². The Morgan fingerprint density at radius 2 is 1.52 bits per heavy atom. The van der Waals surface area contributed by atoms with Gasteiger partial charge in [0, 0.05) is 29.8 Å². The molecule has 0 unspecified atom stereocenters. The molecule has 2 N–H and O–H groups in total. The Morgan fingerprint density at radius 1 is 0.952 bits per heavy atom. The topological polar surface area (TPSA) is 53.7 Å². The van der Waals surface area contributed by atoms with Crippen LogP contribution in [0.1, 0.15) is 18.5 Å². The molecule has 2 aromatic carbocycles. The second kappa shape index (κ2) is 6.45. The highest BCUT2D eigenvalue weighted by atomic mass is 19.1. The molecule has 0 radical (unpaired) electrons. The van der Waals surface area contributed by atoms with Gasteiger partial charge in [0.1, 0.15) is 28.8 Å². The van der Waals surface area contributed by atoms with Crippen LogP contribution >= 0.6 is 0 Å². The number of ether oxygens (including phenoxy) is 3. The van der Waals surface area contributed by atoms with Crippen LogP contribution in [0.3, 0.4) is 0 Å². The Labute approximate surface area is 123 Å². The fraction of sp³-hybridized carbons (Fsp3) is 0.250. The highest BCUT2D eigenvalue weighted by molar-refractivity contribution is 5.46. The maximum Gasteiger partial charge on any atom is 0.134 e. The maximum absolute atomic E-state index is 13.3. The summed E-state index contributed by atoms with van der Waals surface area (Å²) >= 11 is 0. The van der Waals surface area contributed by atoms with Gasteiger partial charge < -0.3 is 19.9 Å². The monoisotopic (exact) mass is 291 g/mol. The van der Waals surface area contributed by atoms with Crippen molar-refractivity contribution in [2.24, 2.45) is 5.73 Å². The van der Waals surface area contributed by atoms with Gasteiger partial charge in [0.15, 0.2) is 0 Å². The second-order valence-electron chi connectivity index (χ2n) is 4.62. The third-order valence-corrected chi connectivity index (χ3v) is 3.02. The molecule has 0 amide bonds. The average Bonchev–Trinajstić information content (AvgIpc) is 2.48. The van der Waals surface area contributed by atoms with Crippen LogP contribution < -0.4 is 19.9 Å². The van der Waals surface area contributed by atoms with Crippen LogP contribution in [0.15, 0.2) is 36.4 Å². The molecule has 0 spiro atoms. The third kappa shape index (κ3) is 3.64. The molecule has 21 heavy (non-hydrogen) atoms. The highest BCUT2D eigenvalue weighted by Gasteiger charge is 2.12. The van der Waals surface area contributed by atoms with E-state index in [-0.39, 0.29) is 11.9 Å². The predicted molar refractivity (Wildman–Crippen MR) is 78.6 cm³/mol. The lowest BCUT2D eigenvalue weighted by molar-refractivity contribution is 0.386.